The summed E-state index contributed by atoms with van der Waals surface area (Å²) in [6.07, 6.45) is 10.3. The Morgan fingerprint density at radius 3 is 2.84 bits per heavy atom. The maximum atomic E-state index is 16.0. The first-order valence-corrected chi connectivity index (χ1v) is 12.3. The molecule has 0 atom stereocenters. The number of carbonyl (C=O) groups is 1. The van der Waals surface area contributed by atoms with Gasteiger partial charge in [-0.3, -0.25) is 19.9 Å². The van der Waals surface area contributed by atoms with Crippen LogP contribution in [0.5, 0.6) is 0 Å². The molecule has 1 amide bonds. The first-order valence-electron chi connectivity index (χ1n) is 12.3. The number of aromatic amines is 2. The number of anilines is 1. The van der Waals surface area contributed by atoms with Crippen molar-refractivity contribution in [1.82, 2.24) is 39.7 Å². The van der Waals surface area contributed by atoms with Crippen molar-refractivity contribution in [3.05, 3.63) is 66.9 Å². The third-order valence-electron chi connectivity index (χ3n) is 6.30. The number of imidazole rings is 2. The van der Waals surface area contributed by atoms with E-state index in [-0.39, 0.29) is 17.0 Å². The molecule has 11 heteroatoms. The molecule has 0 saturated carbocycles. The highest BCUT2D eigenvalue weighted by atomic mass is 19.1. The number of aromatic nitrogens is 8. The summed E-state index contributed by atoms with van der Waals surface area (Å²) in [6.45, 7) is 3.94. The second-order valence-corrected chi connectivity index (χ2v) is 9.08. The molecule has 0 aliphatic carbocycles. The van der Waals surface area contributed by atoms with Crippen LogP contribution in [-0.4, -0.2) is 45.6 Å². The number of benzene rings is 1. The number of pyridine rings is 2. The molecule has 0 radical (unpaired) electrons. The van der Waals surface area contributed by atoms with Crippen molar-refractivity contribution in [3.63, 3.8) is 0 Å². The lowest BCUT2D eigenvalue weighted by Gasteiger charge is -2.08. The zero-order chi connectivity index (χ0) is 26.2. The number of nitrogens with zero attached hydrogens (tertiary/aromatic N) is 6. The van der Waals surface area contributed by atoms with Gasteiger partial charge in [-0.15, -0.1) is 0 Å². The van der Waals surface area contributed by atoms with Crippen molar-refractivity contribution < 1.29 is 9.18 Å². The fraction of sp³-hybridized carbons (Fsp3) is 0.185. The molecule has 0 bridgehead atoms. The van der Waals surface area contributed by atoms with E-state index in [1.807, 2.05) is 42.8 Å². The molecule has 0 aliphatic heterocycles. The number of nitrogens with one attached hydrogen (secondary N) is 3. The number of hydrogen-bond donors (Lipinski definition) is 3. The van der Waals surface area contributed by atoms with E-state index in [4.69, 9.17) is 4.98 Å². The Hall–Kier alpha value is -4.93. The third kappa shape index (κ3) is 4.17. The van der Waals surface area contributed by atoms with Crippen LogP contribution < -0.4 is 5.32 Å². The van der Waals surface area contributed by atoms with Gasteiger partial charge in [0.2, 0.25) is 5.91 Å². The minimum atomic E-state index is -0.562. The van der Waals surface area contributed by atoms with Gasteiger partial charge in [0.15, 0.2) is 11.6 Å². The number of fused-ring (bicyclic) bond motifs is 2. The molecule has 0 spiro atoms. The number of halogens is 1. The van der Waals surface area contributed by atoms with Crippen LogP contribution in [0.3, 0.4) is 0 Å². The molecule has 3 N–H and O–H groups in total. The van der Waals surface area contributed by atoms with Crippen molar-refractivity contribution in [2.24, 2.45) is 0 Å². The van der Waals surface area contributed by atoms with E-state index in [0.29, 0.717) is 40.2 Å². The zero-order valence-electron chi connectivity index (χ0n) is 20.8. The predicted molar refractivity (Wildman–Crippen MR) is 142 cm³/mol. The van der Waals surface area contributed by atoms with Gasteiger partial charge < -0.3 is 14.9 Å². The molecule has 0 fully saturated rings. The molecule has 38 heavy (non-hydrogen) atoms. The molecule has 1 aromatic carbocycles. The number of hydrogen-bond acceptors (Lipinski definition) is 6. The second-order valence-electron chi connectivity index (χ2n) is 9.08. The zero-order valence-corrected chi connectivity index (χ0v) is 20.8. The SMILES string of the molecule is CCCCC(=O)Nc1cncc(-c2ncc3[nH]nc(-c4nc5c(-n6cnc(C)c6)cccc5[nH]4)c3c2F)c1. The molecule has 10 nitrogen and oxygen atoms in total. The highest BCUT2D eigenvalue weighted by Gasteiger charge is 2.21. The summed E-state index contributed by atoms with van der Waals surface area (Å²) in [5.74, 6) is -0.253. The number of unbranched alkanes of at least 4 members (excludes halogenated alkanes) is 1. The molecule has 190 valence electrons. The molecular formula is C27H24FN9O. The van der Waals surface area contributed by atoms with E-state index in [2.05, 4.69) is 35.5 Å². The van der Waals surface area contributed by atoms with Crippen LogP contribution in [0, 0.1) is 12.7 Å². The number of rotatable bonds is 7. The Morgan fingerprint density at radius 2 is 2.03 bits per heavy atom. The Bertz CT molecular complexity index is 1800. The standard InChI is InChI=1S/C27H24FN9O/c1-3-4-8-21(38)32-17-9-16(10-29-11-17)24-23(28)22-19(12-30-24)35-36-26(22)27-33-18-6-5-7-20(25(18)34-27)37-13-15(2)31-14-37/h5-7,9-14H,3-4,8H2,1-2H3,(H,32,38)(H,33,34)(H,35,36). The Kier molecular flexibility index (Phi) is 5.87. The van der Waals surface area contributed by atoms with E-state index in [1.165, 1.54) is 18.6 Å². The number of H-pyrrole nitrogens is 2. The highest BCUT2D eigenvalue weighted by molar-refractivity contribution is 5.96. The summed E-state index contributed by atoms with van der Waals surface area (Å²) in [5.41, 5.74) is 5.01. The van der Waals surface area contributed by atoms with Crippen molar-refractivity contribution in [1.29, 1.82) is 0 Å². The number of aryl methyl sites for hydroxylation is 1. The summed E-state index contributed by atoms with van der Waals surface area (Å²) in [6, 6.07) is 7.43. The van der Waals surface area contributed by atoms with Gasteiger partial charge in [0.1, 0.15) is 16.9 Å². The van der Waals surface area contributed by atoms with Crippen molar-refractivity contribution in [3.8, 4) is 28.5 Å². The van der Waals surface area contributed by atoms with Gasteiger partial charge in [0.05, 0.1) is 52.2 Å². The van der Waals surface area contributed by atoms with Crippen LogP contribution in [0.15, 0.2) is 55.4 Å². The minimum absolute atomic E-state index is 0.1000. The lowest BCUT2D eigenvalue weighted by Crippen LogP contribution is -2.11. The van der Waals surface area contributed by atoms with Crippen LogP contribution in [0.2, 0.25) is 0 Å². The van der Waals surface area contributed by atoms with E-state index < -0.39 is 5.82 Å². The van der Waals surface area contributed by atoms with E-state index in [0.717, 1.165) is 29.7 Å². The van der Waals surface area contributed by atoms with Gasteiger partial charge >= 0.3 is 0 Å². The summed E-state index contributed by atoms with van der Waals surface area (Å²) in [4.78, 5) is 33.0. The molecule has 6 rings (SSSR count). The lowest BCUT2D eigenvalue weighted by atomic mass is 10.1. The van der Waals surface area contributed by atoms with Gasteiger partial charge in [-0.1, -0.05) is 19.4 Å². The number of amides is 1. The fourth-order valence-electron chi connectivity index (χ4n) is 4.44. The molecule has 5 aromatic heterocycles. The van der Waals surface area contributed by atoms with Gasteiger partial charge in [0.25, 0.3) is 0 Å². The monoisotopic (exact) mass is 509 g/mol. The summed E-state index contributed by atoms with van der Waals surface area (Å²) in [7, 11) is 0. The summed E-state index contributed by atoms with van der Waals surface area (Å²) in [5, 5.41) is 10.3. The minimum Gasteiger partial charge on any atom is -0.336 e. The molecule has 0 unspecified atom stereocenters. The average Bonchev–Trinajstić information content (AvgIpc) is 3.65. The maximum Gasteiger partial charge on any atom is 0.224 e. The Morgan fingerprint density at radius 1 is 1.13 bits per heavy atom. The van der Waals surface area contributed by atoms with Crippen molar-refractivity contribution in [2.75, 3.05) is 5.32 Å². The second kappa shape index (κ2) is 9.51. The van der Waals surface area contributed by atoms with Crippen LogP contribution in [0.25, 0.3) is 50.4 Å². The van der Waals surface area contributed by atoms with Gasteiger partial charge in [-0.05, 0) is 31.5 Å². The largest absolute Gasteiger partial charge is 0.336 e. The van der Waals surface area contributed by atoms with Crippen molar-refractivity contribution in [2.45, 2.75) is 33.1 Å². The number of carbonyl (C=O) groups excluding carboxylic acids is 1. The van der Waals surface area contributed by atoms with Gasteiger partial charge in [0, 0.05) is 24.4 Å². The predicted octanol–water partition coefficient (Wildman–Crippen LogP) is 5.33. The first-order chi connectivity index (χ1) is 18.5. The van der Waals surface area contributed by atoms with E-state index in [9.17, 15) is 4.79 Å². The van der Waals surface area contributed by atoms with Crippen LogP contribution in [-0.2, 0) is 4.79 Å². The van der Waals surface area contributed by atoms with Gasteiger partial charge in [-0.25, -0.2) is 14.4 Å². The molecule has 0 saturated heterocycles. The highest BCUT2D eigenvalue weighted by Crippen LogP contribution is 2.33. The Labute approximate surface area is 216 Å². The first kappa shape index (κ1) is 23.5. The molecule has 0 aliphatic rings. The smallest absolute Gasteiger partial charge is 0.224 e. The Balaban J connectivity index is 1.41. The summed E-state index contributed by atoms with van der Waals surface area (Å²) >= 11 is 0. The van der Waals surface area contributed by atoms with Crippen LogP contribution in [0.1, 0.15) is 31.9 Å². The topological polar surface area (TPSA) is 130 Å². The lowest BCUT2D eigenvalue weighted by molar-refractivity contribution is -0.116. The van der Waals surface area contributed by atoms with Gasteiger partial charge in [-0.2, -0.15) is 5.10 Å². The molecule has 5 heterocycles. The van der Waals surface area contributed by atoms with Crippen molar-refractivity contribution >= 4 is 33.5 Å². The maximum absolute atomic E-state index is 16.0. The van der Waals surface area contributed by atoms with Crippen LogP contribution in [0.4, 0.5) is 10.1 Å². The molecule has 6 aromatic rings. The quantitative estimate of drug-likeness (QED) is 0.267. The van der Waals surface area contributed by atoms with E-state index >= 15 is 4.39 Å². The normalized spacial score (nSPS) is 11.4. The molecular weight excluding hydrogens is 485 g/mol. The third-order valence-corrected chi connectivity index (χ3v) is 6.30. The summed E-state index contributed by atoms with van der Waals surface area (Å²) < 4.78 is 17.9. The average molecular weight is 510 g/mol. The van der Waals surface area contributed by atoms with E-state index in [1.54, 1.807) is 12.4 Å². The number of para-hydroxylation sites is 1. The van der Waals surface area contributed by atoms with Crippen LogP contribution >= 0.6 is 0 Å². The fourth-order valence-corrected chi connectivity index (χ4v) is 4.44.